The summed E-state index contributed by atoms with van der Waals surface area (Å²) in [5.41, 5.74) is 23.0. The molecule has 0 amide bonds. The van der Waals surface area contributed by atoms with Gasteiger partial charge in [0, 0.05) is 70.2 Å². The molecular formula is C90H63N3S2. The lowest BCUT2D eigenvalue weighted by molar-refractivity contribution is 0.590. The summed E-state index contributed by atoms with van der Waals surface area (Å²) in [7, 11) is 0. The smallest absolute Gasteiger partial charge is 0.0661 e. The molecule has 5 heteroatoms. The molecule has 0 atom stereocenters. The minimum absolute atomic E-state index is 0.0368. The predicted octanol–water partition coefficient (Wildman–Crippen LogP) is 27.0. The van der Waals surface area contributed by atoms with Crippen molar-refractivity contribution in [3.63, 3.8) is 0 Å². The van der Waals surface area contributed by atoms with E-state index in [-0.39, 0.29) is 10.8 Å². The van der Waals surface area contributed by atoms with Crippen LogP contribution >= 0.6 is 22.7 Å². The Balaban J connectivity index is 0.961. The van der Waals surface area contributed by atoms with Crippen molar-refractivity contribution in [2.24, 2.45) is 0 Å². The molecule has 0 N–H and O–H groups in total. The van der Waals surface area contributed by atoms with Gasteiger partial charge in [-0.3, -0.25) is 0 Å². The third-order valence-electron chi connectivity index (χ3n) is 20.9. The van der Waals surface area contributed by atoms with Gasteiger partial charge in [0.05, 0.1) is 31.8 Å². The lowest BCUT2D eigenvalue weighted by Crippen LogP contribution is -2.13. The van der Waals surface area contributed by atoms with E-state index in [2.05, 4.69) is 329 Å². The van der Waals surface area contributed by atoms with Crippen LogP contribution in [0.3, 0.4) is 0 Å². The van der Waals surface area contributed by atoms with Gasteiger partial charge in [-0.05, 0) is 194 Å². The standard InChI is InChI=1S/C90H63N3S2/c1-89(2,3)56-35-39-58(40-36-56)91(61-46-54-20-17-29-69-65-23-9-11-25-67(65)73(48-61)81(54)69)77-50-75-85(83-71-27-13-15-31-79(71)94-87(77)83)86-76(93(75)60-43-44-64-53(45-60)34-33-52-19-7-8-22-63(52)64)51-78(88-84(86)72-28-14-16-32-80(72)95-88)92(59-41-37-57(38-42-59)90(4,5)6)62-47-55-21-18-30-70-66-24-10-12-26-68(66)74(49-62)82(55)70/h7-51H,1-6H3. The average molecular weight is 1250 g/mol. The zero-order chi connectivity index (χ0) is 63.3. The van der Waals surface area contributed by atoms with Crippen LogP contribution in [0, 0.1) is 0 Å². The molecule has 0 aliphatic heterocycles. The van der Waals surface area contributed by atoms with Gasteiger partial charge in [0.1, 0.15) is 0 Å². The SMILES string of the molecule is CC(C)(C)c1ccc(N(c2cc3c4c(cccc4c2)-c2ccccc2-3)c2cc3c(c4c2sc2ccccc24)c2c4c(sc5ccccc54)c(N(c4ccc(C(C)(C)C)cc4)c4cc5c6c(cccc6c4)-c4ccccc4-5)cc2n3-c2ccc3c(ccc4ccccc43)c2)cc1. The fourth-order valence-corrected chi connectivity index (χ4v) is 18.8. The lowest BCUT2D eigenvalue weighted by Gasteiger charge is -2.28. The van der Waals surface area contributed by atoms with Crippen molar-refractivity contribution in [3.8, 4) is 50.2 Å². The maximum Gasteiger partial charge on any atom is 0.0661 e. The molecule has 0 radical (unpaired) electrons. The minimum Gasteiger partial charge on any atom is -0.309 e. The first-order valence-electron chi connectivity index (χ1n) is 33.2. The van der Waals surface area contributed by atoms with Crippen molar-refractivity contribution in [2.75, 3.05) is 9.80 Å². The third-order valence-corrected chi connectivity index (χ3v) is 23.2. The average Bonchev–Trinajstić information content (AvgIpc) is 1.53. The monoisotopic (exact) mass is 1250 g/mol. The molecule has 0 fully saturated rings. The van der Waals surface area contributed by atoms with Crippen molar-refractivity contribution in [3.05, 3.63) is 284 Å². The molecule has 2 aliphatic rings. The van der Waals surface area contributed by atoms with Crippen molar-refractivity contribution >= 4 is 162 Å². The van der Waals surface area contributed by atoms with Gasteiger partial charge in [-0.1, -0.05) is 230 Å². The molecule has 18 aromatic rings. The molecule has 20 rings (SSSR count). The molecule has 0 unspecified atom stereocenters. The molecule has 3 nitrogen and oxygen atoms in total. The quantitative estimate of drug-likeness (QED) is 0.147. The summed E-state index contributed by atoms with van der Waals surface area (Å²) in [6.07, 6.45) is 0. The van der Waals surface area contributed by atoms with Gasteiger partial charge < -0.3 is 14.4 Å². The van der Waals surface area contributed by atoms with E-state index >= 15 is 0 Å². The maximum atomic E-state index is 2.65. The Labute approximate surface area is 559 Å². The fraction of sp³-hybridized carbons (Fsp3) is 0.0889. The molecule has 3 heterocycles. The summed E-state index contributed by atoms with van der Waals surface area (Å²) < 4.78 is 7.67. The van der Waals surface area contributed by atoms with Crippen molar-refractivity contribution in [2.45, 2.75) is 52.4 Å². The maximum absolute atomic E-state index is 2.65. The summed E-state index contributed by atoms with van der Waals surface area (Å²) in [5, 5.41) is 17.6. The van der Waals surface area contributed by atoms with Gasteiger partial charge in [0.15, 0.2) is 0 Å². The highest BCUT2D eigenvalue weighted by molar-refractivity contribution is 7.27. The topological polar surface area (TPSA) is 11.4 Å². The first kappa shape index (κ1) is 54.7. The van der Waals surface area contributed by atoms with E-state index in [1.165, 1.54) is 150 Å². The van der Waals surface area contributed by atoms with E-state index < -0.39 is 0 Å². The molecule has 0 spiro atoms. The number of benzene rings is 15. The van der Waals surface area contributed by atoms with Gasteiger partial charge in [-0.2, -0.15) is 0 Å². The highest BCUT2D eigenvalue weighted by atomic mass is 32.1. The summed E-state index contributed by atoms with van der Waals surface area (Å²) in [6, 6.07) is 105. The molecule has 95 heavy (non-hydrogen) atoms. The van der Waals surface area contributed by atoms with Gasteiger partial charge in [-0.15, -0.1) is 22.7 Å². The van der Waals surface area contributed by atoms with Crippen LogP contribution in [0.25, 0.3) is 155 Å². The molecule has 0 saturated carbocycles. The second kappa shape index (κ2) is 19.9. The fourth-order valence-electron chi connectivity index (χ4n) is 16.4. The van der Waals surface area contributed by atoms with Crippen LogP contribution in [-0.2, 0) is 10.8 Å². The highest BCUT2D eigenvalue weighted by Crippen LogP contribution is 2.58. The molecule has 15 aromatic carbocycles. The molecule has 0 saturated heterocycles. The lowest BCUT2D eigenvalue weighted by atomic mass is 9.87. The summed E-state index contributed by atoms with van der Waals surface area (Å²) in [6.45, 7) is 13.9. The summed E-state index contributed by atoms with van der Waals surface area (Å²) >= 11 is 3.84. The van der Waals surface area contributed by atoms with Crippen LogP contribution in [0.2, 0.25) is 0 Å². The number of nitrogens with zero attached hydrogens (tertiary/aromatic N) is 3. The second-order valence-electron chi connectivity index (χ2n) is 28.4. The Morgan fingerprint density at radius 3 is 1.16 bits per heavy atom. The summed E-state index contributed by atoms with van der Waals surface area (Å²) in [5.74, 6) is 0. The molecule has 2 aliphatic carbocycles. The van der Waals surface area contributed by atoms with E-state index in [9.17, 15) is 0 Å². The van der Waals surface area contributed by atoms with Crippen LogP contribution in [0.4, 0.5) is 34.1 Å². The normalized spacial score (nSPS) is 12.7. The predicted molar refractivity (Wildman–Crippen MR) is 412 cm³/mol. The number of fused-ring (bicyclic) bond motifs is 20. The van der Waals surface area contributed by atoms with Crippen LogP contribution in [0.1, 0.15) is 52.7 Å². The molecule has 0 bridgehead atoms. The molecule has 450 valence electrons. The van der Waals surface area contributed by atoms with Gasteiger partial charge in [-0.25, -0.2) is 0 Å². The zero-order valence-electron chi connectivity index (χ0n) is 53.6. The van der Waals surface area contributed by atoms with Gasteiger partial charge >= 0.3 is 0 Å². The molecule has 3 aromatic heterocycles. The van der Waals surface area contributed by atoms with Crippen molar-refractivity contribution in [1.29, 1.82) is 0 Å². The largest absolute Gasteiger partial charge is 0.309 e. The Morgan fingerprint density at radius 1 is 0.274 bits per heavy atom. The van der Waals surface area contributed by atoms with E-state index in [0.29, 0.717) is 0 Å². The van der Waals surface area contributed by atoms with E-state index in [1.807, 2.05) is 22.7 Å². The number of anilines is 6. The number of thiophene rings is 2. The summed E-state index contributed by atoms with van der Waals surface area (Å²) in [4.78, 5) is 5.19. The van der Waals surface area contributed by atoms with Crippen LogP contribution in [0.15, 0.2) is 273 Å². The highest BCUT2D eigenvalue weighted by Gasteiger charge is 2.33. The second-order valence-corrected chi connectivity index (χ2v) is 30.5. The first-order valence-corrected chi connectivity index (χ1v) is 34.8. The Hall–Kier alpha value is -10.8. The van der Waals surface area contributed by atoms with Crippen LogP contribution < -0.4 is 9.80 Å². The van der Waals surface area contributed by atoms with Gasteiger partial charge in [0.25, 0.3) is 0 Å². The number of aromatic nitrogens is 1. The first-order chi connectivity index (χ1) is 46.4. The zero-order valence-corrected chi connectivity index (χ0v) is 55.3. The molecular weight excluding hydrogens is 1190 g/mol. The number of hydrogen-bond acceptors (Lipinski definition) is 4. The van der Waals surface area contributed by atoms with E-state index in [0.717, 1.165) is 50.8 Å². The van der Waals surface area contributed by atoms with E-state index in [1.54, 1.807) is 0 Å². The number of hydrogen-bond donors (Lipinski definition) is 0. The Bertz CT molecular complexity index is 6030. The van der Waals surface area contributed by atoms with Gasteiger partial charge in [0.2, 0.25) is 0 Å². The van der Waals surface area contributed by atoms with Crippen molar-refractivity contribution in [1.82, 2.24) is 4.57 Å². The van der Waals surface area contributed by atoms with E-state index in [4.69, 9.17) is 0 Å². The third kappa shape index (κ3) is 7.97. The number of rotatable bonds is 7. The van der Waals surface area contributed by atoms with Crippen LogP contribution in [0.5, 0.6) is 0 Å². The van der Waals surface area contributed by atoms with Crippen LogP contribution in [-0.4, -0.2) is 4.57 Å². The van der Waals surface area contributed by atoms with Crippen molar-refractivity contribution < 1.29 is 0 Å². The Morgan fingerprint density at radius 2 is 0.674 bits per heavy atom. The minimum atomic E-state index is -0.0368. The Kier molecular flexibility index (Phi) is 11.4.